The first-order valence-corrected chi connectivity index (χ1v) is 13.4. The van der Waals surface area contributed by atoms with Crippen molar-refractivity contribution in [2.45, 2.75) is 57.8 Å². The normalized spacial score (nSPS) is 14.7. The van der Waals surface area contributed by atoms with Gasteiger partial charge in [0.1, 0.15) is 5.75 Å². The predicted molar refractivity (Wildman–Crippen MR) is 149 cm³/mol. The lowest BCUT2D eigenvalue weighted by Gasteiger charge is -2.14. The molecular formula is C33H35NO4. The van der Waals surface area contributed by atoms with E-state index in [2.05, 4.69) is 72.7 Å². The van der Waals surface area contributed by atoms with E-state index in [9.17, 15) is 9.90 Å². The number of aryl methyl sites for hydroxylation is 2. The predicted octanol–water partition coefficient (Wildman–Crippen LogP) is 7.64. The summed E-state index contributed by atoms with van der Waals surface area (Å²) in [6, 6.07) is 25.1. The minimum Gasteiger partial charge on any atom is -0.497 e. The number of ether oxygens (including phenoxy) is 1. The third-order valence-electron chi connectivity index (χ3n) is 7.94. The molecule has 5 nitrogen and oxygen atoms in total. The van der Waals surface area contributed by atoms with Crippen molar-refractivity contribution in [3.63, 3.8) is 0 Å². The first-order chi connectivity index (χ1) is 18.4. The average Bonchev–Trinajstić information content (AvgIpc) is 3.62. The molecule has 1 saturated carbocycles. The molecule has 0 amide bonds. The molecular weight excluding hydrogens is 474 g/mol. The lowest BCUT2D eigenvalue weighted by atomic mass is 9.90. The van der Waals surface area contributed by atoms with Crippen LogP contribution in [0, 0.1) is 12.8 Å². The molecule has 1 fully saturated rings. The van der Waals surface area contributed by atoms with Gasteiger partial charge in [-0.2, -0.15) is 0 Å². The summed E-state index contributed by atoms with van der Waals surface area (Å²) in [6.07, 6.45) is 5.13. The lowest BCUT2D eigenvalue weighted by molar-refractivity contribution is -0.137. The van der Waals surface area contributed by atoms with Crippen molar-refractivity contribution in [2.75, 3.05) is 7.11 Å². The van der Waals surface area contributed by atoms with E-state index >= 15 is 0 Å². The summed E-state index contributed by atoms with van der Waals surface area (Å²) < 4.78 is 11.1. The smallest absolute Gasteiger partial charge is 0.304 e. The highest BCUT2D eigenvalue weighted by atomic mass is 16.5. The van der Waals surface area contributed by atoms with E-state index in [4.69, 9.17) is 9.26 Å². The van der Waals surface area contributed by atoms with Gasteiger partial charge in [-0.15, -0.1) is 0 Å². The zero-order chi connectivity index (χ0) is 26.7. The first kappa shape index (κ1) is 25.8. The zero-order valence-corrected chi connectivity index (χ0v) is 22.4. The Balaban J connectivity index is 1.25. The van der Waals surface area contributed by atoms with Crippen molar-refractivity contribution < 1.29 is 19.2 Å². The molecule has 1 aromatic heterocycles. The molecule has 3 aromatic carbocycles. The molecule has 1 N–H and O–H groups in total. The Morgan fingerprint density at radius 3 is 2.16 bits per heavy atom. The van der Waals surface area contributed by atoms with Crippen molar-refractivity contribution in [2.24, 2.45) is 5.92 Å². The van der Waals surface area contributed by atoms with Gasteiger partial charge in [-0.25, -0.2) is 0 Å². The Morgan fingerprint density at radius 1 is 0.974 bits per heavy atom. The van der Waals surface area contributed by atoms with E-state index in [1.165, 1.54) is 11.1 Å². The van der Waals surface area contributed by atoms with E-state index in [0.29, 0.717) is 5.92 Å². The fraction of sp³-hybridized carbons (Fsp3) is 0.333. The molecule has 196 valence electrons. The van der Waals surface area contributed by atoms with Crippen LogP contribution in [-0.2, 0) is 23.1 Å². The third-order valence-corrected chi connectivity index (χ3v) is 7.94. The van der Waals surface area contributed by atoms with Gasteiger partial charge < -0.3 is 14.4 Å². The largest absolute Gasteiger partial charge is 0.497 e. The van der Waals surface area contributed by atoms with Crippen LogP contribution in [-0.4, -0.2) is 23.3 Å². The molecule has 5 heteroatoms. The topological polar surface area (TPSA) is 72.6 Å². The van der Waals surface area contributed by atoms with Crippen molar-refractivity contribution in [1.82, 2.24) is 5.16 Å². The Labute approximate surface area is 224 Å². The van der Waals surface area contributed by atoms with Gasteiger partial charge in [0.05, 0.1) is 19.2 Å². The van der Waals surface area contributed by atoms with Crippen LogP contribution in [0.1, 0.15) is 55.0 Å². The Morgan fingerprint density at radius 2 is 1.58 bits per heavy atom. The Hall–Kier alpha value is -3.86. The molecule has 0 aliphatic heterocycles. The molecule has 1 aliphatic carbocycles. The number of hydrogen-bond acceptors (Lipinski definition) is 4. The molecule has 0 bridgehead atoms. The molecule has 5 rings (SSSR count). The number of methoxy groups -OCH3 is 1. The van der Waals surface area contributed by atoms with Gasteiger partial charge in [0.25, 0.3) is 0 Å². The minimum absolute atomic E-state index is 0.166. The summed E-state index contributed by atoms with van der Waals surface area (Å²) in [5.41, 5.74) is 7.67. The number of carbonyl (C=O) groups is 1. The van der Waals surface area contributed by atoms with Crippen LogP contribution in [0.4, 0.5) is 0 Å². The maximum atomic E-state index is 11.2. The molecule has 0 spiro atoms. The van der Waals surface area contributed by atoms with Crippen LogP contribution in [0.15, 0.2) is 77.3 Å². The number of hydrogen-bond donors (Lipinski definition) is 1. The summed E-state index contributed by atoms with van der Waals surface area (Å²) in [5, 5.41) is 13.5. The van der Waals surface area contributed by atoms with Gasteiger partial charge in [-0.05, 0) is 79.3 Å². The van der Waals surface area contributed by atoms with Gasteiger partial charge >= 0.3 is 5.97 Å². The number of aromatic nitrogens is 1. The van der Waals surface area contributed by atoms with Crippen LogP contribution in [0.25, 0.3) is 22.5 Å². The number of carboxylic acids is 1. The summed E-state index contributed by atoms with van der Waals surface area (Å²) in [4.78, 5) is 11.2. The number of carboxylic acid groups (broad SMARTS) is 1. The fourth-order valence-corrected chi connectivity index (χ4v) is 5.35. The second-order valence-corrected chi connectivity index (χ2v) is 10.8. The fourth-order valence-electron chi connectivity index (χ4n) is 5.35. The van der Waals surface area contributed by atoms with Crippen molar-refractivity contribution in [3.8, 4) is 28.2 Å². The summed E-state index contributed by atoms with van der Waals surface area (Å²) in [6.45, 7) is 4.31. The van der Waals surface area contributed by atoms with Gasteiger partial charge in [-0.3, -0.25) is 4.79 Å². The van der Waals surface area contributed by atoms with E-state index in [-0.39, 0.29) is 11.8 Å². The van der Waals surface area contributed by atoms with Crippen LogP contribution in [0.2, 0.25) is 0 Å². The maximum absolute atomic E-state index is 11.2. The number of rotatable bonds is 11. The van der Waals surface area contributed by atoms with Gasteiger partial charge in [0.2, 0.25) is 0 Å². The Kier molecular flexibility index (Phi) is 7.37. The molecule has 1 aliphatic rings. The quantitative estimate of drug-likeness (QED) is 0.225. The third kappa shape index (κ3) is 5.67. The highest BCUT2D eigenvalue weighted by molar-refractivity contribution is 5.72. The standard InChI is InChI=1S/C33H35NO4/c1-22(4-5-24-6-16-29(37-3)17-7-24)20-30-23(2)34-38-32(30)27-10-8-25(9-11-27)26-12-14-28(15-13-26)33(18-19-33)21-31(35)36/h6-17,22H,4-5,18-21H2,1-3H3,(H,35,36). The maximum Gasteiger partial charge on any atom is 0.304 e. The van der Waals surface area contributed by atoms with Crippen molar-refractivity contribution >= 4 is 5.97 Å². The van der Waals surface area contributed by atoms with Crippen molar-refractivity contribution in [3.05, 3.63) is 95.2 Å². The molecule has 38 heavy (non-hydrogen) atoms. The highest BCUT2D eigenvalue weighted by Gasteiger charge is 2.45. The molecule has 1 heterocycles. The van der Waals surface area contributed by atoms with Crippen LogP contribution in [0.3, 0.4) is 0 Å². The van der Waals surface area contributed by atoms with E-state index in [1.807, 2.05) is 19.1 Å². The summed E-state index contributed by atoms with van der Waals surface area (Å²) in [5.74, 6) is 1.50. The molecule has 4 aromatic rings. The van der Waals surface area contributed by atoms with Gasteiger partial charge in [0.15, 0.2) is 5.76 Å². The lowest BCUT2D eigenvalue weighted by Crippen LogP contribution is -2.12. The number of benzene rings is 3. The minimum atomic E-state index is -0.726. The SMILES string of the molecule is COc1ccc(CCC(C)Cc2c(C)noc2-c2ccc(-c3ccc(C4(CC(=O)O)CC4)cc3)cc2)cc1. The second kappa shape index (κ2) is 10.9. The van der Waals surface area contributed by atoms with Crippen LogP contribution < -0.4 is 4.74 Å². The number of nitrogens with zero attached hydrogens (tertiary/aromatic N) is 1. The van der Waals surface area contributed by atoms with Gasteiger partial charge in [0, 0.05) is 16.5 Å². The summed E-state index contributed by atoms with van der Waals surface area (Å²) >= 11 is 0. The van der Waals surface area contributed by atoms with E-state index in [1.54, 1.807) is 7.11 Å². The molecule has 1 unspecified atom stereocenters. The average molecular weight is 510 g/mol. The summed E-state index contributed by atoms with van der Waals surface area (Å²) in [7, 11) is 1.69. The second-order valence-electron chi connectivity index (χ2n) is 10.8. The van der Waals surface area contributed by atoms with E-state index < -0.39 is 5.97 Å². The van der Waals surface area contributed by atoms with E-state index in [0.717, 1.165) is 71.6 Å². The molecule has 1 atom stereocenters. The highest BCUT2D eigenvalue weighted by Crippen LogP contribution is 2.51. The van der Waals surface area contributed by atoms with Crippen molar-refractivity contribution in [1.29, 1.82) is 0 Å². The molecule has 0 radical (unpaired) electrons. The van der Waals surface area contributed by atoms with Crippen LogP contribution in [0.5, 0.6) is 5.75 Å². The Bertz CT molecular complexity index is 1380. The number of aliphatic carboxylic acids is 1. The molecule has 0 saturated heterocycles. The first-order valence-electron chi connectivity index (χ1n) is 13.4. The monoisotopic (exact) mass is 509 g/mol. The van der Waals surface area contributed by atoms with Crippen LogP contribution >= 0.6 is 0 Å². The zero-order valence-electron chi connectivity index (χ0n) is 22.4. The van der Waals surface area contributed by atoms with Gasteiger partial charge in [-0.1, -0.05) is 72.7 Å².